The van der Waals surface area contributed by atoms with Crippen LogP contribution in [0.1, 0.15) is 11.7 Å². The number of hydrogen-bond donors (Lipinski definition) is 1. The fourth-order valence-electron chi connectivity index (χ4n) is 1.95. The van der Waals surface area contributed by atoms with Crippen molar-refractivity contribution < 1.29 is 9.53 Å². The highest BCUT2D eigenvalue weighted by atomic mass is 16.5. The third-order valence-electron chi connectivity index (χ3n) is 2.75. The predicted octanol–water partition coefficient (Wildman–Crippen LogP) is 0.763. The molecular weight excluding hydrogens is 204 g/mol. The molecule has 1 atom stereocenters. The van der Waals surface area contributed by atoms with Gasteiger partial charge < -0.3 is 10.1 Å². The number of amides is 1. The molecule has 0 aliphatic carbocycles. The first-order valence-electron chi connectivity index (χ1n) is 5.48. The van der Waals surface area contributed by atoms with Gasteiger partial charge in [-0.2, -0.15) is 0 Å². The molecule has 1 aromatic carbocycles. The van der Waals surface area contributed by atoms with Crippen molar-refractivity contribution in [2.75, 3.05) is 26.3 Å². The van der Waals surface area contributed by atoms with E-state index in [1.54, 1.807) is 0 Å². The minimum Gasteiger partial charge on any atom is -0.379 e. The minimum absolute atomic E-state index is 0.0393. The number of morpholine rings is 1. The highest BCUT2D eigenvalue weighted by Crippen LogP contribution is 2.18. The van der Waals surface area contributed by atoms with Gasteiger partial charge >= 0.3 is 0 Å². The van der Waals surface area contributed by atoms with E-state index < -0.39 is 0 Å². The predicted molar refractivity (Wildman–Crippen MR) is 60.8 cm³/mol. The Labute approximate surface area is 95.2 Å². The number of ether oxygens (including phenoxy) is 1. The summed E-state index contributed by atoms with van der Waals surface area (Å²) in [6, 6.07) is 9.98. The van der Waals surface area contributed by atoms with Crippen molar-refractivity contribution in [1.82, 2.24) is 10.2 Å². The van der Waals surface area contributed by atoms with Gasteiger partial charge in [0, 0.05) is 13.1 Å². The molecular formula is C12H16N2O2. The standard InChI is InChI=1S/C12H16N2O2/c15-10-13-12(11-4-2-1-3-5-11)14-6-8-16-9-7-14/h1-5,10,12H,6-9H2,(H,13,15). The van der Waals surface area contributed by atoms with Crippen LogP contribution in [-0.2, 0) is 9.53 Å². The summed E-state index contributed by atoms with van der Waals surface area (Å²) in [6.07, 6.45) is 0.718. The Morgan fingerprint density at radius 2 is 1.94 bits per heavy atom. The molecule has 2 rings (SSSR count). The minimum atomic E-state index is -0.0393. The number of carbonyl (C=O) groups is 1. The highest BCUT2D eigenvalue weighted by molar-refractivity contribution is 5.47. The Morgan fingerprint density at radius 3 is 2.56 bits per heavy atom. The summed E-state index contributed by atoms with van der Waals surface area (Å²) in [5.74, 6) is 0. The van der Waals surface area contributed by atoms with E-state index in [0.717, 1.165) is 38.3 Å². The maximum absolute atomic E-state index is 10.7. The number of rotatable bonds is 4. The van der Waals surface area contributed by atoms with Crippen LogP contribution in [-0.4, -0.2) is 37.6 Å². The third kappa shape index (κ3) is 2.59. The van der Waals surface area contributed by atoms with Crippen LogP contribution >= 0.6 is 0 Å². The number of carbonyl (C=O) groups excluding carboxylic acids is 1. The topological polar surface area (TPSA) is 41.6 Å². The number of nitrogens with zero attached hydrogens (tertiary/aromatic N) is 1. The Morgan fingerprint density at radius 1 is 1.25 bits per heavy atom. The van der Waals surface area contributed by atoms with Gasteiger partial charge in [-0.05, 0) is 5.56 Å². The first kappa shape index (κ1) is 11.1. The van der Waals surface area contributed by atoms with Gasteiger partial charge in [0.05, 0.1) is 13.2 Å². The van der Waals surface area contributed by atoms with Crippen LogP contribution in [0.4, 0.5) is 0 Å². The van der Waals surface area contributed by atoms with Crippen molar-refractivity contribution in [2.45, 2.75) is 6.17 Å². The molecule has 0 aromatic heterocycles. The zero-order valence-corrected chi connectivity index (χ0v) is 9.13. The van der Waals surface area contributed by atoms with Crippen molar-refractivity contribution in [1.29, 1.82) is 0 Å². The lowest BCUT2D eigenvalue weighted by Gasteiger charge is -2.34. The molecule has 1 saturated heterocycles. The smallest absolute Gasteiger partial charge is 0.208 e. The van der Waals surface area contributed by atoms with Gasteiger partial charge in [-0.25, -0.2) is 0 Å². The van der Waals surface area contributed by atoms with E-state index in [2.05, 4.69) is 10.2 Å². The van der Waals surface area contributed by atoms with E-state index in [0.29, 0.717) is 0 Å². The van der Waals surface area contributed by atoms with Gasteiger partial charge in [0.2, 0.25) is 6.41 Å². The molecule has 0 bridgehead atoms. The molecule has 1 aliphatic heterocycles. The molecule has 1 amide bonds. The first-order chi connectivity index (χ1) is 7.92. The Hall–Kier alpha value is -1.39. The van der Waals surface area contributed by atoms with Crippen LogP contribution in [0.5, 0.6) is 0 Å². The van der Waals surface area contributed by atoms with Gasteiger partial charge in [-0.3, -0.25) is 9.69 Å². The van der Waals surface area contributed by atoms with Gasteiger partial charge in [-0.1, -0.05) is 30.3 Å². The number of hydrogen-bond acceptors (Lipinski definition) is 3. The second-order valence-corrected chi connectivity index (χ2v) is 3.75. The summed E-state index contributed by atoms with van der Waals surface area (Å²) in [4.78, 5) is 12.9. The van der Waals surface area contributed by atoms with Crippen LogP contribution in [0, 0.1) is 0 Å². The van der Waals surface area contributed by atoms with E-state index in [9.17, 15) is 4.79 Å². The second-order valence-electron chi connectivity index (χ2n) is 3.75. The van der Waals surface area contributed by atoms with Crippen LogP contribution in [0.25, 0.3) is 0 Å². The molecule has 4 nitrogen and oxygen atoms in total. The third-order valence-corrected chi connectivity index (χ3v) is 2.75. The Balaban J connectivity index is 2.12. The number of benzene rings is 1. The van der Waals surface area contributed by atoms with Gasteiger partial charge in [-0.15, -0.1) is 0 Å². The zero-order valence-electron chi connectivity index (χ0n) is 9.13. The van der Waals surface area contributed by atoms with Crippen molar-refractivity contribution in [2.24, 2.45) is 0 Å². The Kier molecular flexibility index (Phi) is 3.91. The average molecular weight is 220 g/mol. The van der Waals surface area contributed by atoms with E-state index in [4.69, 9.17) is 4.74 Å². The molecule has 1 N–H and O–H groups in total. The largest absolute Gasteiger partial charge is 0.379 e. The molecule has 0 spiro atoms. The van der Waals surface area contributed by atoms with Crippen molar-refractivity contribution in [3.63, 3.8) is 0 Å². The molecule has 16 heavy (non-hydrogen) atoms. The van der Waals surface area contributed by atoms with Crippen molar-refractivity contribution >= 4 is 6.41 Å². The summed E-state index contributed by atoms with van der Waals surface area (Å²) in [6.45, 7) is 3.15. The fourth-order valence-corrected chi connectivity index (χ4v) is 1.95. The monoisotopic (exact) mass is 220 g/mol. The van der Waals surface area contributed by atoms with Crippen LogP contribution < -0.4 is 5.32 Å². The molecule has 4 heteroatoms. The molecule has 1 fully saturated rings. The van der Waals surface area contributed by atoms with Gasteiger partial charge in [0.15, 0.2) is 0 Å². The van der Waals surface area contributed by atoms with E-state index >= 15 is 0 Å². The normalized spacial score (nSPS) is 19.0. The average Bonchev–Trinajstić information content (AvgIpc) is 2.38. The number of nitrogens with one attached hydrogen (secondary N) is 1. The summed E-state index contributed by atoms with van der Waals surface area (Å²) in [5, 5.41) is 2.86. The van der Waals surface area contributed by atoms with Crippen LogP contribution in [0.15, 0.2) is 30.3 Å². The molecule has 86 valence electrons. The maximum atomic E-state index is 10.7. The summed E-state index contributed by atoms with van der Waals surface area (Å²) in [7, 11) is 0. The molecule has 1 aliphatic rings. The van der Waals surface area contributed by atoms with E-state index in [1.165, 1.54) is 0 Å². The van der Waals surface area contributed by atoms with Gasteiger partial charge in [0.1, 0.15) is 6.17 Å². The van der Waals surface area contributed by atoms with Crippen molar-refractivity contribution in [3.8, 4) is 0 Å². The first-order valence-corrected chi connectivity index (χ1v) is 5.48. The van der Waals surface area contributed by atoms with E-state index in [-0.39, 0.29) is 6.17 Å². The molecule has 0 saturated carbocycles. The molecule has 1 unspecified atom stereocenters. The SMILES string of the molecule is O=CNC(c1ccccc1)N1CCOCC1. The van der Waals surface area contributed by atoms with Crippen molar-refractivity contribution in [3.05, 3.63) is 35.9 Å². The summed E-state index contributed by atoms with van der Waals surface area (Å²) in [5.41, 5.74) is 1.11. The lowest BCUT2D eigenvalue weighted by atomic mass is 10.1. The molecule has 0 radical (unpaired) electrons. The van der Waals surface area contributed by atoms with Crippen LogP contribution in [0.3, 0.4) is 0 Å². The highest BCUT2D eigenvalue weighted by Gasteiger charge is 2.21. The quantitative estimate of drug-likeness (QED) is 0.762. The molecule has 1 aromatic rings. The zero-order chi connectivity index (χ0) is 11.2. The van der Waals surface area contributed by atoms with Crippen LogP contribution in [0.2, 0.25) is 0 Å². The van der Waals surface area contributed by atoms with Gasteiger partial charge in [0.25, 0.3) is 0 Å². The maximum Gasteiger partial charge on any atom is 0.208 e. The van der Waals surface area contributed by atoms with E-state index in [1.807, 2.05) is 30.3 Å². The lowest BCUT2D eigenvalue weighted by Crippen LogP contribution is -2.44. The Bertz CT molecular complexity index is 323. The lowest BCUT2D eigenvalue weighted by molar-refractivity contribution is -0.112. The summed E-state index contributed by atoms with van der Waals surface area (Å²) < 4.78 is 5.31. The summed E-state index contributed by atoms with van der Waals surface area (Å²) >= 11 is 0. The molecule has 1 heterocycles. The fraction of sp³-hybridized carbons (Fsp3) is 0.417. The second kappa shape index (κ2) is 5.63.